The van der Waals surface area contributed by atoms with Crippen molar-refractivity contribution < 1.29 is 4.74 Å². The molecule has 1 aromatic carbocycles. The minimum Gasteiger partial charge on any atom is -0.494 e. The summed E-state index contributed by atoms with van der Waals surface area (Å²) in [4.78, 5) is 0. The highest BCUT2D eigenvalue weighted by molar-refractivity contribution is 5.26. The molecule has 1 radical (unpaired) electrons. The van der Waals surface area contributed by atoms with Crippen LogP contribution >= 0.6 is 0 Å². The Balaban J connectivity index is 2.28. The fraction of sp³-hybridized carbons (Fsp3) is 0.500. The Labute approximate surface area is 80.7 Å². The fourth-order valence-corrected chi connectivity index (χ4v) is 1.19. The van der Waals surface area contributed by atoms with Crippen LogP contribution in [0.3, 0.4) is 0 Å². The molecular formula is C12H17O. The Hall–Kier alpha value is -0.980. The first kappa shape index (κ1) is 10.1. The van der Waals surface area contributed by atoms with Crippen LogP contribution in [0.15, 0.2) is 18.2 Å². The Morgan fingerprint density at radius 3 is 2.85 bits per heavy atom. The van der Waals surface area contributed by atoms with Gasteiger partial charge in [-0.15, -0.1) is 0 Å². The van der Waals surface area contributed by atoms with Crippen LogP contribution in [-0.2, 0) is 0 Å². The Bertz CT molecular complexity index is 243. The van der Waals surface area contributed by atoms with Crippen LogP contribution in [0.5, 0.6) is 5.75 Å². The normalized spacial score (nSPS) is 10.0. The zero-order valence-electron chi connectivity index (χ0n) is 8.47. The van der Waals surface area contributed by atoms with Crippen molar-refractivity contribution in [1.29, 1.82) is 0 Å². The van der Waals surface area contributed by atoms with Gasteiger partial charge in [0.05, 0.1) is 6.61 Å². The maximum atomic E-state index is 5.56. The molecule has 0 aliphatic rings. The quantitative estimate of drug-likeness (QED) is 0.626. The van der Waals surface area contributed by atoms with E-state index < -0.39 is 0 Å². The van der Waals surface area contributed by atoms with Gasteiger partial charge in [-0.25, -0.2) is 0 Å². The van der Waals surface area contributed by atoms with Crippen LogP contribution in [0, 0.1) is 13.0 Å². The third-order valence-corrected chi connectivity index (χ3v) is 1.92. The molecule has 0 aromatic heterocycles. The first-order valence-electron chi connectivity index (χ1n) is 4.93. The molecule has 0 fully saturated rings. The van der Waals surface area contributed by atoms with Gasteiger partial charge in [-0.2, -0.15) is 0 Å². The van der Waals surface area contributed by atoms with Crippen LogP contribution in [0.4, 0.5) is 0 Å². The second kappa shape index (κ2) is 5.63. The van der Waals surface area contributed by atoms with Gasteiger partial charge in [-0.3, -0.25) is 0 Å². The molecule has 0 bridgehead atoms. The molecule has 0 saturated heterocycles. The molecule has 0 spiro atoms. The molecule has 1 aromatic rings. The highest BCUT2D eigenvalue weighted by Gasteiger charge is 1.93. The van der Waals surface area contributed by atoms with Crippen LogP contribution in [0.2, 0.25) is 0 Å². The van der Waals surface area contributed by atoms with Gasteiger partial charge in [0.2, 0.25) is 0 Å². The lowest BCUT2D eigenvalue weighted by molar-refractivity contribution is 0.306. The molecule has 0 unspecified atom stereocenters. The van der Waals surface area contributed by atoms with E-state index in [1.165, 1.54) is 18.4 Å². The van der Waals surface area contributed by atoms with Crippen LogP contribution in [0.25, 0.3) is 0 Å². The molecule has 1 nitrogen and oxygen atoms in total. The molecule has 71 valence electrons. The summed E-state index contributed by atoms with van der Waals surface area (Å²) < 4.78 is 5.56. The first-order chi connectivity index (χ1) is 6.33. The van der Waals surface area contributed by atoms with Crippen molar-refractivity contribution in [3.8, 4) is 5.75 Å². The second-order valence-corrected chi connectivity index (χ2v) is 3.30. The maximum Gasteiger partial charge on any atom is 0.120 e. The summed E-state index contributed by atoms with van der Waals surface area (Å²) in [7, 11) is 0. The molecule has 0 aliphatic heterocycles. The van der Waals surface area contributed by atoms with Gasteiger partial charge in [0, 0.05) is 0 Å². The van der Waals surface area contributed by atoms with Crippen molar-refractivity contribution in [2.75, 3.05) is 6.61 Å². The zero-order chi connectivity index (χ0) is 9.52. The molecule has 0 heterocycles. The zero-order valence-corrected chi connectivity index (χ0v) is 8.47. The van der Waals surface area contributed by atoms with Crippen molar-refractivity contribution in [2.24, 2.45) is 0 Å². The summed E-state index contributed by atoms with van der Waals surface area (Å²) >= 11 is 0. The largest absolute Gasteiger partial charge is 0.494 e. The Morgan fingerprint density at radius 2 is 2.15 bits per heavy atom. The highest BCUT2D eigenvalue weighted by Crippen LogP contribution is 2.12. The van der Waals surface area contributed by atoms with E-state index >= 15 is 0 Å². The van der Waals surface area contributed by atoms with E-state index in [1.807, 2.05) is 18.2 Å². The minimum absolute atomic E-state index is 0.825. The average Bonchev–Trinajstić information content (AvgIpc) is 2.13. The lowest BCUT2D eigenvalue weighted by Crippen LogP contribution is -1.96. The number of hydrogen-bond donors (Lipinski definition) is 0. The van der Waals surface area contributed by atoms with Crippen LogP contribution in [0.1, 0.15) is 31.7 Å². The van der Waals surface area contributed by atoms with E-state index in [0.717, 1.165) is 18.8 Å². The van der Waals surface area contributed by atoms with Gasteiger partial charge in [0.25, 0.3) is 0 Å². The standard InChI is InChI=1S/C12H17O/c1-3-4-5-9-13-12-8-6-7-11(2)10-12/h7-8,10H,3-5,9H2,1-2H3. The van der Waals surface area contributed by atoms with Crippen molar-refractivity contribution in [1.82, 2.24) is 0 Å². The van der Waals surface area contributed by atoms with E-state index in [2.05, 4.69) is 19.9 Å². The maximum absolute atomic E-state index is 5.56. The minimum atomic E-state index is 0.825. The van der Waals surface area contributed by atoms with Crippen molar-refractivity contribution in [2.45, 2.75) is 33.1 Å². The monoisotopic (exact) mass is 177 g/mol. The van der Waals surface area contributed by atoms with E-state index in [1.54, 1.807) is 0 Å². The summed E-state index contributed by atoms with van der Waals surface area (Å²) in [5.74, 6) is 0.941. The van der Waals surface area contributed by atoms with Gasteiger partial charge >= 0.3 is 0 Å². The molecule has 0 aliphatic carbocycles. The molecule has 13 heavy (non-hydrogen) atoms. The third-order valence-electron chi connectivity index (χ3n) is 1.92. The first-order valence-corrected chi connectivity index (χ1v) is 4.93. The summed E-state index contributed by atoms with van der Waals surface area (Å²) in [6.07, 6.45) is 3.63. The number of aryl methyl sites for hydroxylation is 1. The molecule has 0 saturated carbocycles. The summed E-state index contributed by atoms with van der Waals surface area (Å²) in [6, 6.07) is 8.93. The third kappa shape index (κ3) is 3.97. The number of ether oxygens (including phenoxy) is 1. The van der Waals surface area contributed by atoms with Gasteiger partial charge in [-0.1, -0.05) is 25.8 Å². The van der Waals surface area contributed by atoms with E-state index in [9.17, 15) is 0 Å². The molecule has 0 amide bonds. The van der Waals surface area contributed by atoms with E-state index in [0.29, 0.717) is 0 Å². The van der Waals surface area contributed by atoms with Gasteiger partial charge < -0.3 is 4.74 Å². The van der Waals surface area contributed by atoms with E-state index in [-0.39, 0.29) is 0 Å². The van der Waals surface area contributed by atoms with Gasteiger partial charge in [-0.05, 0) is 37.1 Å². The lowest BCUT2D eigenvalue weighted by Gasteiger charge is -2.05. The molecule has 1 heteroatoms. The predicted molar refractivity (Wildman–Crippen MR) is 55.0 cm³/mol. The van der Waals surface area contributed by atoms with Gasteiger partial charge in [0.1, 0.15) is 5.75 Å². The Morgan fingerprint density at radius 1 is 1.31 bits per heavy atom. The van der Waals surface area contributed by atoms with Gasteiger partial charge in [0.15, 0.2) is 0 Å². The van der Waals surface area contributed by atoms with Crippen molar-refractivity contribution >= 4 is 0 Å². The number of benzene rings is 1. The van der Waals surface area contributed by atoms with Crippen LogP contribution < -0.4 is 4.74 Å². The summed E-state index contributed by atoms with van der Waals surface area (Å²) in [5, 5.41) is 0. The average molecular weight is 177 g/mol. The van der Waals surface area contributed by atoms with E-state index in [4.69, 9.17) is 4.74 Å². The lowest BCUT2D eigenvalue weighted by atomic mass is 10.2. The number of unbranched alkanes of at least 4 members (excludes halogenated alkanes) is 2. The van der Waals surface area contributed by atoms with Crippen LogP contribution in [-0.4, -0.2) is 6.61 Å². The highest BCUT2D eigenvalue weighted by atomic mass is 16.5. The predicted octanol–water partition coefficient (Wildman–Crippen LogP) is 3.36. The molecule has 0 atom stereocenters. The topological polar surface area (TPSA) is 9.23 Å². The van der Waals surface area contributed by atoms with Crippen molar-refractivity contribution in [3.63, 3.8) is 0 Å². The molecule has 1 rings (SSSR count). The number of rotatable bonds is 5. The SMILES string of the molecule is CCCCCOc1c[c]cc(C)c1. The molecular weight excluding hydrogens is 160 g/mol. The smallest absolute Gasteiger partial charge is 0.120 e. The fourth-order valence-electron chi connectivity index (χ4n) is 1.19. The summed E-state index contributed by atoms with van der Waals surface area (Å²) in [6.45, 7) is 5.07. The Kier molecular flexibility index (Phi) is 4.37. The second-order valence-electron chi connectivity index (χ2n) is 3.30. The summed E-state index contributed by atoms with van der Waals surface area (Å²) in [5.41, 5.74) is 1.20. The van der Waals surface area contributed by atoms with Crippen molar-refractivity contribution in [3.05, 3.63) is 29.8 Å². The molecule has 0 N–H and O–H groups in total. The number of hydrogen-bond acceptors (Lipinski definition) is 1.